The smallest absolute Gasteiger partial charge is 0.189 e. The number of anilines is 2. The van der Waals surface area contributed by atoms with Crippen LogP contribution in [0.3, 0.4) is 0 Å². The Hall–Kier alpha value is -3.10. The van der Waals surface area contributed by atoms with E-state index in [9.17, 15) is 4.79 Å². The van der Waals surface area contributed by atoms with Crippen LogP contribution >= 0.6 is 11.8 Å². The van der Waals surface area contributed by atoms with E-state index in [2.05, 4.69) is 51.5 Å². The number of hydrogen-bond donors (Lipinski definition) is 1. The first-order chi connectivity index (χ1) is 16.5. The zero-order valence-electron chi connectivity index (χ0n) is 20.3. The van der Waals surface area contributed by atoms with Gasteiger partial charge < -0.3 is 19.9 Å². The number of carbonyl (C=O) groups is 1. The fourth-order valence-corrected chi connectivity index (χ4v) is 3.90. The Morgan fingerprint density at radius 2 is 1.76 bits per heavy atom. The lowest BCUT2D eigenvalue weighted by Gasteiger charge is -2.25. The monoisotopic (exact) mass is 479 g/mol. The molecule has 1 aromatic heterocycles. The minimum atomic E-state index is -0.00284. The van der Waals surface area contributed by atoms with Gasteiger partial charge in [0.2, 0.25) is 0 Å². The maximum Gasteiger partial charge on any atom is 0.189 e. The molecule has 3 aromatic rings. The van der Waals surface area contributed by atoms with Gasteiger partial charge in [0.05, 0.1) is 5.56 Å². The number of benzene rings is 2. The van der Waals surface area contributed by atoms with Crippen molar-refractivity contribution in [2.24, 2.45) is 0 Å². The van der Waals surface area contributed by atoms with E-state index in [0.29, 0.717) is 23.1 Å². The first-order valence-electron chi connectivity index (χ1n) is 11.3. The zero-order chi connectivity index (χ0) is 24.3. The lowest BCUT2D eigenvalue weighted by Crippen LogP contribution is -2.31. The van der Waals surface area contributed by atoms with Crippen molar-refractivity contribution in [3.8, 4) is 5.75 Å². The van der Waals surface area contributed by atoms with Crippen molar-refractivity contribution >= 4 is 29.6 Å². The van der Waals surface area contributed by atoms with Gasteiger partial charge in [0.15, 0.2) is 11.4 Å². The van der Waals surface area contributed by atoms with Crippen LogP contribution in [0.5, 0.6) is 5.75 Å². The molecule has 0 aliphatic heterocycles. The van der Waals surface area contributed by atoms with Gasteiger partial charge in [-0.3, -0.25) is 4.79 Å². The molecule has 0 spiro atoms. The van der Waals surface area contributed by atoms with Crippen LogP contribution in [0.2, 0.25) is 0 Å². The maximum atomic E-state index is 11.4. The molecule has 0 aliphatic rings. The Morgan fingerprint density at radius 1 is 1.06 bits per heavy atom. The van der Waals surface area contributed by atoms with Gasteiger partial charge in [0.25, 0.3) is 0 Å². The minimum absolute atomic E-state index is 0.00284. The first kappa shape index (κ1) is 25.5. The molecule has 0 radical (unpaired) electrons. The maximum absolute atomic E-state index is 11.4. The molecular weight excluding hydrogens is 446 g/mol. The zero-order valence-corrected chi connectivity index (χ0v) is 21.1. The van der Waals surface area contributed by atoms with E-state index in [1.165, 1.54) is 17.3 Å². The quantitative estimate of drug-likeness (QED) is 0.221. The number of nitrogens with one attached hydrogen (secondary N) is 1. The van der Waals surface area contributed by atoms with Gasteiger partial charge in [-0.2, -0.15) is 0 Å². The highest BCUT2D eigenvalue weighted by Gasteiger charge is 2.14. The summed E-state index contributed by atoms with van der Waals surface area (Å²) in [6.07, 6.45) is 5.19. The second-order valence-corrected chi connectivity index (χ2v) is 8.77. The van der Waals surface area contributed by atoms with E-state index in [0.717, 1.165) is 37.2 Å². The van der Waals surface area contributed by atoms with E-state index in [-0.39, 0.29) is 6.10 Å². The Bertz CT molecular complexity index is 1030. The molecular formula is C26H33N5O2S. The third-order valence-electron chi connectivity index (χ3n) is 5.60. The highest BCUT2D eigenvalue weighted by atomic mass is 32.2. The predicted molar refractivity (Wildman–Crippen MR) is 141 cm³/mol. The van der Waals surface area contributed by atoms with E-state index in [1.54, 1.807) is 6.20 Å². The fourth-order valence-electron chi connectivity index (χ4n) is 3.57. The van der Waals surface area contributed by atoms with Gasteiger partial charge in [0.1, 0.15) is 17.7 Å². The van der Waals surface area contributed by atoms with Crippen LogP contribution in [0.1, 0.15) is 28.4 Å². The number of likely N-dealkylation sites (N-methyl/N-ethyl adjacent to an activating group) is 2. The molecule has 1 atom stereocenters. The van der Waals surface area contributed by atoms with E-state index in [1.807, 2.05) is 55.6 Å². The second kappa shape index (κ2) is 13.0. The molecule has 0 aliphatic carbocycles. The van der Waals surface area contributed by atoms with Gasteiger partial charge in [-0.05, 0) is 49.7 Å². The van der Waals surface area contributed by atoms with E-state index in [4.69, 9.17) is 4.74 Å². The fraction of sp³-hybridized carbons (Fsp3) is 0.346. The van der Waals surface area contributed by atoms with Crippen LogP contribution in [0, 0.1) is 0 Å². The van der Waals surface area contributed by atoms with Crippen molar-refractivity contribution in [2.75, 3.05) is 56.8 Å². The van der Waals surface area contributed by atoms with Crippen LogP contribution in [-0.2, 0) is 0 Å². The lowest BCUT2D eigenvalue weighted by molar-refractivity contribution is 0.112. The van der Waals surface area contributed by atoms with Crippen LogP contribution in [0.4, 0.5) is 11.5 Å². The van der Waals surface area contributed by atoms with Gasteiger partial charge in [-0.15, -0.1) is 0 Å². The summed E-state index contributed by atoms with van der Waals surface area (Å²) in [5, 5.41) is 3.86. The highest BCUT2D eigenvalue weighted by Crippen LogP contribution is 2.26. The molecule has 0 bridgehead atoms. The highest BCUT2D eigenvalue weighted by molar-refractivity contribution is 7.98. The van der Waals surface area contributed by atoms with E-state index < -0.39 is 0 Å². The molecule has 34 heavy (non-hydrogen) atoms. The predicted octanol–water partition coefficient (Wildman–Crippen LogP) is 4.31. The molecule has 1 unspecified atom stereocenters. The summed E-state index contributed by atoms with van der Waals surface area (Å²) in [4.78, 5) is 24.3. The number of thioether (sulfide) groups is 1. The lowest BCUT2D eigenvalue weighted by atomic mass is 10.1. The number of aromatic nitrogens is 2. The summed E-state index contributed by atoms with van der Waals surface area (Å²) in [5.74, 6) is 1.50. The Balaban J connectivity index is 1.61. The Labute approximate surface area is 206 Å². The van der Waals surface area contributed by atoms with Crippen molar-refractivity contribution in [3.05, 3.63) is 71.9 Å². The molecule has 1 heterocycles. The third-order valence-corrected chi connectivity index (χ3v) is 6.16. The molecule has 2 aromatic carbocycles. The number of nitrogens with zero attached hydrogens (tertiary/aromatic N) is 4. The summed E-state index contributed by atoms with van der Waals surface area (Å²) in [5.41, 5.74) is 2.76. The summed E-state index contributed by atoms with van der Waals surface area (Å²) in [6, 6.07) is 18.5. The van der Waals surface area contributed by atoms with Crippen molar-refractivity contribution < 1.29 is 9.53 Å². The van der Waals surface area contributed by atoms with Crippen LogP contribution < -0.4 is 19.9 Å². The largest absolute Gasteiger partial charge is 0.486 e. The number of ether oxygens (including phenoxy) is 1. The molecule has 1 N–H and O–H groups in total. The van der Waals surface area contributed by atoms with Gasteiger partial charge in [-0.1, -0.05) is 42.1 Å². The minimum Gasteiger partial charge on any atom is -0.486 e. The van der Waals surface area contributed by atoms with Crippen LogP contribution in [0.25, 0.3) is 0 Å². The molecule has 0 fully saturated rings. The van der Waals surface area contributed by atoms with Crippen LogP contribution in [-0.4, -0.2) is 63.3 Å². The summed E-state index contributed by atoms with van der Waals surface area (Å²) >= 11 is 1.46. The number of carbonyl (C=O) groups excluding carboxylic acids is 1. The molecule has 0 amide bonds. The average Bonchev–Trinajstić information content (AvgIpc) is 2.89. The Kier molecular flexibility index (Phi) is 9.73. The molecule has 7 nitrogen and oxygen atoms in total. The molecule has 180 valence electrons. The topological polar surface area (TPSA) is 70.6 Å². The van der Waals surface area contributed by atoms with Gasteiger partial charge >= 0.3 is 0 Å². The summed E-state index contributed by atoms with van der Waals surface area (Å²) in [6.45, 7) is 2.35. The normalized spacial score (nSPS) is 11.6. The van der Waals surface area contributed by atoms with Gasteiger partial charge in [-0.25, -0.2) is 9.97 Å². The number of rotatable bonds is 13. The Morgan fingerprint density at radius 3 is 2.41 bits per heavy atom. The summed E-state index contributed by atoms with van der Waals surface area (Å²) < 4.78 is 6.32. The SMILES string of the molecule is CNCCC(Oc1ccc(N(C)CCN(C)c2nc(SC)ncc2C=O)cc1)c1ccccc1. The number of hydrogen-bond acceptors (Lipinski definition) is 8. The standard InChI is InChI=1S/C26H33N5O2S/c1-27-15-14-24(20-8-6-5-7-9-20)33-23-12-10-22(11-13-23)30(2)16-17-31(3)25-21(19-32)18-28-26(29-25)34-4/h5-13,18-19,24,27H,14-17H2,1-4H3. The van der Waals surface area contributed by atoms with Gasteiger partial charge in [0, 0.05) is 45.5 Å². The van der Waals surface area contributed by atoms with Crippen molar-refractivity contribution in [1.29, 1.82) is 0 Å². The second-order valence-electron chi connectivity index (χ2n) is 8.00. The average molecular weight is 480 g/mol. The molecule has 8 heteroatoms. The van der Waals surface area contributed by atoms with Crippen molar-refractivity contribution in [3.63, 3.8) is 0 Å². The van der Waals surface area contributed by atoms with Crippen molar-refractivity contribution in [1.82, 2.24) is 15.3 Å². The van der Waals surface area contributed by atoms with Crippen LogP contribution in [0.15, 0.2) is 66.0 Å². The molecule has 3 rings (SSSR count). The molecule has 0 saturated heterocycles. The third kappa shape index (κ3) is 6.95. The number of aldehydes is 1. The first-order valence-corrected chi connectivity index (χ1v) is 12.5. The molecule has 0 saturated carbocycles. The summed E-state index contributed by atoms with van der Waals surface area (Å²) in [7, 11) is 5.95. The van der Waals surface area contributed by atoms with E-state index >= 15 is 0 Å². The van der Waals surface area contributed by atoms with Crippen molar-refractivity contribution in [2.45, 2.75) is 17.7 Å².